The van der Waals surface area contributed by atoms with Crippen LogP contribution in [-0.2, 0) is 0 Å². The SMILES string of the molecule is CC1CCC(NC(=O)c2cc(-c3ccccc3)on2)C1. The quantitative estimate of drug-likeness (QED) is 0.931. The predicted octanol–water partition coefficient (Wildman–Crippen LogP) is 3.26. The van der Waals surface area contributed by atoms with Crippen molar-refractivity contribution < 1.29 is 9.32 Å². The number of amides is 1. The summed E-state index contributed by atoms with van der Waals surface area (Å²) in [6, 6.07) is 11.6. The molecule has 1 saturated carbocycles. The van der Waals surface area contributed by atoms with Crippen LogP contribution < -0.4 is 5.32 Å². The third-order valence-electron chi connectivity index (χ3n) is 3.83. The summed E-state index contributed by atoms with van der Waals surface area (Å²) in [7, 11) is 0. The van der Waals surface area contributed by atoms with Gasteiger partial charge in [-0.15, -0.1) is 0 Å². The smallest absolute Gasteiger partial charge is 0.273 e. The van der Waals surface area contributed by atoms with E-state index in [-0.39, 0.29) is 11.9 Å². The van der Waals surface area contributed by atoms with E-state index in [4.69, 9.17) is 4.52 Å². The Balaban J connectivity index is 1.69. The second-order valence-electron chi connectivity index (χ2n) is 5.53. The summed E-state index contributed by atoms with van der Waals surface area (Å²) in [5.41, 5.74) is 1.27. The van der Waals surface area contributed by atoms with E-state index in [1.807, 2.05) is 30.3 Å². The summed E-state index contributed by atoms with van der Waals surface area (Å²) in [5, 5.41) is 6.90. The van der Waals surface area contributed by atoms with Crippen LogP contribution in [0.5, 0.6) is 0 Å². The van der Waals surface area contributed by atoms with Crippen LogP contribution in [0.1, 0.15) is 36.7 Å². The monoisotopic (exact) mass is 270 g/mol. The lowest BCUT2D eigenvalue weighted by atomic mass is 10.1. The second kappa shape index (κ2) is 5.49. The van der Waals surface area contributed by atoms with Crippen molar-refractivity contribution in [2.45, 2.75) is 32.2 Å². The molecule has 2 aromatic rings. The van der Waals surface area contributed by atoms with E-state index in [1.165, 1.54) is 6.42 Å². The molecule has 1 fully saturated rings. The van der Waals surface area contributed by atoms with Crippen molar-refractivity contribution in [3.63, 3.8) is 0 Å². The number of carbonyl (C=O) groups is 1. The first-order valence-corrected chi connectivity index (χ1v) is 7.05. The molecule has 0 saturated heterocycles. The van der Waals surface area contributed by atoms with E-state index >= 15 is 0 Å². The Morgan fingerprint density at radius 2 is 2.10 bits per heavy atom. The van der Waals surface area contributed by atoms with Crippen molar-refractivity contribution in [3.8, 4) is 11.3 Å². The van der Waals surface area contributed by atoms with Gasteiger partial charge in [-0.05, 0) is 25.2 Å². The third kappa shape index (κ3) is 2.74. The second-order valence-corrected chi connectivity index (χ2v) is 5.53. The minimum atomic E-state index is -0.143. The van der Waals surface area contributed by atoms with Crippen LogP contribution in [0.2, 0.25) is 0 Å². The van der Waals surface area contributed by atoms with Gasteiger partial charge in [0.1, 0.15) is 0 Å². The molecule has 1 aliphatic rings. The van der Waals surface area contributed by atoms with Gasteiger partial charge in [-0.1, -0.05) is 42.4 Å². The van der Waals surface area contributed by atoms with E-state index in [2.05, 4.69) is 17.4 Å². The first-order valence-electron chi connectivity index (χ1n) is 7.05. The van der Waals surface area contributed by atoms with E-state index in [1.54, 1.807) is 6.07 Å². The van der Waals surface area contributed by atoms with Crippen molar-refractivity contribution in [1.82, 2.24) is 10.5 Å². The molecular weight excluding hydrogens is 252 g/mol. The highest BCUT2D eigenvalue weighted by molar-refractivity contribution is 5.93. The molecule has 1 amide bonds. The number of nitrogens with zero attached hydrogens (tertiary/aromatic N) is 1. The Hall–Kier alpha value is -2.10. The molecule has 1 aliphatic carbocycles. The van der Waals surface area contributed by atoms with Crippen LogP contribution in [0.4, 0.5) is 0 Å². The average molecular weight is 270 g/mol. The molecule has 104 valence electrons. The maximum atomic E-state index is 12.1. The number of nitrogens with one attached hydrogen (secondary N) is 1. The predicted molar refractivity (Wildman–Crippen MR) is 76.2 cm³/mol. The van der Waals surface area contributed by atoms with Crippen LogP contribution in [0, 0.1) is 5.92 Å². The van der Waals surface area contributed by atoms with E-state index in [0.29, 0.717) is 17.4 Å². The van der Waals surface area contributed by atoms with Gasteiger partial charge in [0, 0.05) is 17.7 Å². The molecule has 2 atom stereocenters. The number of aromatic nitrogens is 1. The summed E-state index contributed by atoms with van der Waals surface area (Å²) in [6.45, 7) is 2.22. The van der Waals surface area contributed by atoms with Crippen LogP contribution in [0.25, 0.3) is 11.3 Å². The van der Waals surface area contributed by atoms with Gasteiger partial charge in [0.05, 0.1) is 0 Å². The standard InChI is InChI=1S/C16H18N2O2/c1-11-7-8-13(9-11)17-16(19)14-10-15(20-18-14)12-5-3-2-4-6-12/h2-6,10-11,13H,7-9H2,1H3,(H,17,19). The molecule has 20 heavy (non-hydrogen) atoms. The highest BCUT2D eigenvalue weighted by Crippen LogP contribution is 2.25. The number of hydrogen-bond acceptors (Lipinski definition) is 3. The number of rotatable bonds is 3. The van der Waals surface area contributed by atoms with Crippen molar-refractivity contribution >= 4 is 5.91 Å². The summed E-state index contributed by atoms with van der Waals surface area (Å²) >= 11 is 0. The molecule has 0 radical (unpaired) electrons. The molecule has 4 nitrogen and oxygen atoms in total. The van der Waals surface area contributed by atoms with Crippen molar-refractivity contribution in [2.24, 2.45) is 5.92 Å². The number of benzene rings is 1. The van der Waals surface area contributed by atoms with Gasteiger partial charge >= 0.3 is 0 Å². The normalized spacial score (nSPS) is 21.9. The zero-order valence-corrected chi connectivity index (χ0v) is 11.5. The molecule has 0 bridgehead atoms. The van der Waals surface area contributed by atoms with E-state index < -0.39 is 0 Å². The molecule has 2 unspecified atom stereocenters. The summed E-state index contributed by atoms with van der Waals surface area (Å²) in [4.78, 5) is 12.1. The Morgan fingerprint density at radius 3 is 2.80 bits per heavy atom. The fraction of sp³-hybridized carbons (Fsp3) is 0.375. The van der Waals surface area contributed by atoms with Crippen LogP contribution in [-0.4, -0.2) is 17.1 Å². The van der Waals surface area contributed by atoms with Crippen LogP contribution >= 0.6 is 0 Å². The topological polar surface area (TPSA) is 55.1 Å². The molecular formula is C16H18N2O2. The maximum Gasteiger partial charge on any atom is 0.273 e. The lowest BCUT2D eigenvalue weighted by Gasteiger charge is -2.10. The highest BCUT2D eigenvalue weighted by atomic mass is 16.5. The molecule has 1 aromatic carbocycles. The summed E-state index contributed by atoms with van der Waals surface area (Å²) < 4.78 is 5.25. The molecule has 1 heterocycles. The largest absolute Gasteiger partial charge is 0.355 e. The molecule has 3 rings (SSSR count). The van der Waals surface area contributed by atoms with Crippen molar-refractivity contribution in [3.05, 3.63) is 42.1 Å². The van der Waals surface area contributed by atoms with Gasteiger partial charge in [-0.3, -0.25) is 4.79 Å². The first-order chi connectivity index (χ1) is 9.72. The molecule has 4 heteroatoms. The fourth-order valence-corrected chi connectivity index (χ4v) is 2.72. The van der Waals surface area contributed by atoms with Gasteiger partial charge < -0.3 is 9.84 Å². The average Bonchev–Trinajstić information content (AvgIpc) is 3.09. The van der Waals surface area contributed by atoms with Crippen LogP contribution in [0.3, 0.4) is 0 Å². The van der Waals surface area contributed by atoms with E-state index in [9.17, 15) is 4.79 Å². The maximum absolute atomic E-state index is 12.1. The zero-order valence-electron chi connectivity index (χ0n) is 11.5. The third-order valence-corrected chi connectivity index (χ3v) is 3.83. The van der Waals surface area contributed by atoms with Gasteiger partial charge in [0.25, 0.3) is 5.91 Å². The molecule has 1 aromatic heterocycles. The minimum absolute atomic E-state index is 0.143. The Morgan fingerprint density at radius 1 is 1.30 bits per heavy atom. The summed E-state index contributed by atoms with van der Waals surface area (Å²) in [6.07, 6.45) is 3.28. The van der Waals surface area contributed by atoms with E-state index in [0.717, 1.165) is 18.4 Å². The summed E-state index contributed by atoms with van der Waals surface area (Å²) in [5.74, 6) is 1.17. The lowest BCUT2D eigenvalue weighted by molar-refractivity contribution is 0.0928. The van der Waals surface area contributed by atoms with Gasteiger partial charge in [-0.2, -0.15) is 0 Å². The Kier molecular flexibility index (Phi) is 3.54. The highest BCUT2D eigenvalue weighted by Gasteiger charge is 2.24. The Labute approximate surface area is 118 Å². The number of carbonyl (C=O) groups excluding carboxylic acids is 1. The first kappa shape index (κ1) is 12.9. The van der Waals surface area contributed by atoms with Gasteiger partial charge in [0.15, 0.2) is 11.5 Å². The van der Waals surface area contributed by atoms with Crippen molar-refractivity contribution in [1.29, 1.82) is 0 Å². The van der Waals surface area contributed by atoms with Crippen molar-refractivity contribution in [2.75, 3.05) is 0 Å². The lowest BCUT2D eigenvalue weighted by Crippen LogP contribution is -2.33. The minimum Gasteiger partial charge on any atom is -0.355 e. The number of hydrogen-bond donors (Lipinski definition) is 1. The molecule has 0 aliphatic heterocycles. The zero-order chi connectivity index (χ0) is 13.9. The molecule has 1 N–H and O–H groups in total. The van der Waals surface area contributed by atoms with Gasteiger partial charge in [0.2, 0.25) is 0 Å². The fourth-order valence-electron chi connectivity index (χ4n) is 2.72. The molecule has 0 spiro atoms. The van der Waals surface area contributed by atoms with Gasteiger partial charge in [-0.25, -0.2) is 0 Å². The van der Waals surface area contributed by atoms with Crippen LogP contribution in [0.15, 0.2) is 40.9 Å². The Bertz CT molecular complexity index is 592.